The Balaban J connectivity index is 3.40. The van der Waals surface area contributed by atoms with Gasteiger partial charge in [0.2, 0.25) is 0 Å². The fourth-order valence-corrected chi connectivity index (χ4v) is 2.30. The van der Waals surface area contributed by atoms with Crippen molar-refractivity contribution in [3.63, 3.8) is 0 Å². The summed E-state index contributed by atoms with van der Waals surface area (Å²) >= 11 is 4.79. The minimum absolute atomic E-state index is 0.232. The van der Waals surface area contributed by atoms with E-state index in [-0.39, 0.29) is 5.33 Å². The van der Waals surface area contributed by atoms with Crippen LogP contribution in [0.2, 0.25) is 0 Å². The number of hydrogen-bond donors (Lipinski definition) is 0. The Labute approximate surface area is 107 Å². The molecule has 15 heavy (non-hydrogen) atoms. The van der Waals surface area contributed by atoms with Crippen molar-refractivity contribution in [2.75, 3.05) is 0 Å². The van der Waals surface area contributed by atoms with Crippen molar-refractivity contribution < 1.29 is 13.2 Å². The number of benzene rings is 1. The molecule has 0 unspecified atom stereocenters. The minimum Gasteiger partial charge on any atom is -0.192 e. The summed E-state index contributed by atoms with van der Waals surface area (Å²) in [5.41, 5.74) is -0.0717. The van der Waals surface area contributed by atoms with Crippen molar-refractivity contribution in [1.29, 1.82) is 5.26 Å². The molecule has 1 nitrogen and oxygen atoms in total. The number of nitriles is 1. The highest BCUT2D eigenvalue weighted by Gasteiger charge is 2.31. The van der Waals surface area contributed by atoms with Gasteiger partial charge in [-0.15, -0.1) is 0 Å². The minimum atomic E-state index is -4.37. The van der Waals surface area contributed by atoms with Gasteiger partial charge in [-0.2, -0.15) is 18.4 Å². The average Bonchev–Trinajstić information content (AvgIpc) is 2.15. The summed E-state index contributed by atoms with van der Waals surface area (Å²) < 4.78 is 37.6. The van der Waals surface area contributed by atoms with Crippen LogP contribution < -0.4 is 0 Å². The molecule has 0 aromatic heterocycles. The lowest BCUT2D eigenvalue weighted by molar-refractivity contribution is -0.137. The van der Waals surface area contributed by atoms with E-state index in [2.05, 4.69) is 15.9 Å². The Kier molecular flexibility index (Phi) is 4.00. The molecule has 0 heterocycles. The van der Waals surface area contributed by atoms with Crippen LogP contribution in [-0.2, 0) is 11.5 Å². The van der Waals surface area contributed by atoms with Crippen molar-refractivity contribution in [3.05, 3.63) is 32.4 Å². The Morgan fingerprint density at radius 3 is 2.40 bits per heavy atom. The van der Waals surface area contributed by atoms with Crippen LogP contribution in [0.15, 0.2) is 12.1 Å². The molecule has 0 saturated carbocycles. The Bertz CT molecular complexity index is 423. The molecule has 0 aliphatic rings. The number of nitrogens with zero attached hydrogens (tertiary/aromatic N) is 1. The van der Waals surface area contributed by atoms with E-state index < -0.39 is 11.7 Å². The third kappa shape index (κ3) is 2.84. The first kappa shape index (κ1) is 12.8. The van der Waals surface area contributed by atoms with Crippen molar-refractivity contribution in [2.45, 2.75) is 11.5 Å². The second kappa shape index (κ2) is 4.70. The van der Waals surface area contributed by atoms with Crippen molar-refractivity contribution in [1.82, 2.24) is 0 Å². The van der Waals surface area contributed by atoms with E-state index in [1.807, 2.05) is 6.07 Å². The van der Waals surface area contributed by atoms with Crippen molar-refractivity contribution in [2.24, 2.45) is 0 Å². The zero-order valence-corrected chi connectivity index (χ0v) is 10.9. The zero-order chi connectivity index (χ0) is 11.6. The first-order chi connectivity index (χ1) is 6.90. The molecule has 6 heteroatoms. The molecular weight excluding hydrogens is 386 g/mol. The maximum Gasteiger partial charge on any atom is 0.416 e. The van der Waals surface area contributed by atoms with Crippen LogP contribution >= 0.6 is 38.5 Å². The van der Waals surface area contributed by atoms with Crippen LogP contribution in [0.4, 0.5) is 13.2 Å². The molecule has 0 amide bonds. The van der Waals surface area contributed by atoms with Gasteiger partial charge in [0.05, 0.1) is 11.1 Å². The van der Waals surface area contributed by atoms with E-state index in [9.17, 15) is 13.2 Å². The van der Waals surface area contributed by atoms with Crippen LogP contribution in [0, 0.1) is 14.9 Å². The zero-order valence-electron chi connectivity index (χ0n) is 7.20. The maximum absolute atomic E-state index is 12.4. The number of hydrogen-bond acceptors (Lipinski definition) is 1. The summed E-state index contributed by atoms with van der Waals surface area (Å²) in [6, 6.07) is 3.86. The molecule has 0 N–H and O–H groups in total. The van der Waals surface area contributed by atoms with Gasteiger partial charge in [-0.25, -0.2) is 0 Å². The molecule has 0 spiro atoms. The SMILES string of the molecule is N#Cc1c(I)cc(C(F)(F)F)cc1CBr. The van der Waals surface area contributed by atoms with Gasteiger partial charge in [0.1, 0.15) is 6.07 Å². The molecule has 1 aromatic rings. The van der Waals surface area contributed by atoms with Gasteiger partial charge in [0.15, 0.2) is 0 Å². The van der Waals surface area contributed by atoms with Crippen LogP contribution in [0.1, 0.15) is 16.7 Å². The van der Waals surface area contributed by atoms with Gasteiger partial charge in [-0.05, 0) is 40.3 Å². The molecule has 0 aliphatic heterocycles. The molecule has 0 bridgehead atoms. The van der Waals surface area contributed by atoms with Gasteiger partial charge in [0.25, 0.3) is 0 Å². The maximum atomic E-state index is 12.4. The molecule has 0 fully saturated rings. The Morgan fingerprint density at radius 2 is 2.00 bits per heavy atom. The molecule has 0 atom stereocenters. The van der Waals surface area contributed by atoms with E-state index in [4.69, 9.17) is 5.26 Å². The normalized spacial score (nSPS) is 11.2. The van der Waals surface area contributed by atoms with E-state index in [1.54, 1.807) is 22.6 Å². The van der Waals surface area contributed by atoms with Crippen LogP contribution in [0.25, 0.3) is 0 Å². The highest BCUT2D eigenvalue weighted by molar-refractivity contribution is 14.1. The second-order valence-electron chi connectivity index (χ2n) is 2.74. The molecule has 0 saturated heterocycles. The molecule has 0 radical (unpaired) electrons. The predicted octanol–water partition coefficient (Wildman–Crippen LogP) is 4.08. The Morgan fingerprint density at radius 1 is 1.40 bits per heavy atom. The number of rotatable bonds is 1. The third-order valence-electron chi connectivity index (χ3n) is 1.75. The molecular formula is C9H4BrF3IN. The summed E-state index contributed by atoms with van der Waals surface area (Å²) in [7, 11) is 0. The van der Waals surface area contributed by atoms with Gasteiger partial charge in [0, 0.05) is 8.90 Å². The summed E-state index contributed by atoms with van der Waals surface area (Å²) in [5, 5.41) is 9.00. The topological polar surface area (TPSA) is 23.8 Å². The monoisotopic (exact) mass is 389 g/mol. The van der Waals surface area contributed by atoms with E-state index in [1.165, 1.54) is 0 Å². The average molecular weight is 390 g/mol. The highest BCUT2D eigenvalue weighted by atomic mass is 127. The van der Waals surface area contributed by atoms with Gasteiger partial charge < -0.3 is 0 Å². The molecule has 1 rings (SSSR count). The fraction of sp³-hybridized carbons (Fsp3) is 0.222. The van der Waals surface area contributed by atoms with E-state index >= 15 is 0 Å². The summed E-state index contributed by atoms with van der Waals surface area (Å²) in [4.78, 5) is 0. The van der Waals surface area contributed by atoms with Gasteiger partial charge in [-0.1, -0.05) is 15.9 Å². The summed E-state index contributed by atoms with van der Waals surface area (Å²) in [6.45, 7) is 0. The second-order valence-corrected chi connectivity index (χ2v) is 4.46. The van der Waals surface area contributed by atoms with Gasteiger partial charge >= 0.3 is 6.18 Å². The van der Waals surface area contributed by atoms with E-state index in [0.717, 1.165) is 12.1 Å². The van der Waals surface area contributed by atoms with Gasteiger partial charge in [-0.3, -0.25) is 0 Å². The molecule has 1 aromatic carbocycles. The smallest absolute Gasteiger partial charge is 0.192 e. The molecule has 80 valence electrons. The number of halogens is 5. The highest BCUT2D eigenvalue weighted by Crippen LogP contribution is 2.33. The lowest BCUT2D eigenvalue weighted by Crippen LogP contribution is -2.07. The lowest BCUT2D eigenvalue weighted by atomic mass is 10.1. The third-order valence-corrected chi connectivity index (χ3v) is 3.21. The summed E-state index contributed by atoms with van der Waals surface area (Å²) in [6.07, 6.45) is -4.37. The van der Waals surface area contributed by atoms with Crippen molar-refractivity contribution in [3.8, 4) is 6.07 Å². The lowest BCUT2D eigenvalue weighted by Gasteiger charge is -2.10. The van der Waals surface area contributed by atoms with E-state index in [0.29, 0.717) is 14.7 Å². The first-order valence-electron chi connectivity index (χ1n) is 3.76. The Hall–Kier alpha value is -0.290. The predicted molar refractivity (Wildman–Crippen MR) is 61.5 cm³/mol. The van der Waals surface area contributed by atoms with Crippen LogP contribution in [-0.4, -0.2) is 0 Å². The largest absolute Gasteiger partial charge is 0.416 e. The quantitative estimate of drug-likeness (QED) is 0.524. The van der Waals surface area contributed by atoms with Crippen LogP contribution in [0.3, 0.4) is 0 Å². The molecule has 0 aliphatic carbocycles. The fourth-order valence-electron chi connectivity index (χ4n) is 1.06. The first-order valence-corrected chi connectivity index (χ1v) is 5.96. The van der Waals surface area contributed by atoms with Crippen LogP contribution in [0.5, 0.6) is 0 Å². The standard InChI is InChI=1S/C9H4BrF3IN/c10-3-5-1-6(9(11,12)13)2-8(14)7(5)4-15/h1-2H,3H2. The summed E-state index contributed by atoms with van der Waals surface area (Å²) in [5.74, 6) is 0. The number of alkyl halides is 4. The van der Waals surface area contributed by atoms with Crippen molar-refractivity contribution >= 4 is 38.5 Å².